The van der Waals surface area contributed by atoms with Crippen LogP contribution in [-0.2, 0) is 57.1 Å². The third-order valence-electron chi connectivity index (χ3n) is 9.70. The molecule has 4 aliphatic heterocycles. The number of aliphatic hydroxyl groups is 8. The molecule has 19 unspecified atom stereocenters. The van der Waals surface area contributed by atoms with Gasteiger partial charge in [0.2, 0.25) is 11.8 Å². The molecule has 0 aromatic carbocycles. The van der Waals surface area contributed by atoms with Crippen LogP contribution in [0.5, 0.6) is 0 Å². The molecule has 2 amide bonds. The van der Waals surface area contributed by atoms with E-state index in [2.05, 4.69) is 5.32 Å². The molecule has 54 heavy (non-hydrogen) atoms. The van der Waals surface area contributed by atoms with Crippen LogP contribution < -0.4 is 5.32 Å². The monoisotopic (exact) mass is 788 g/mol. The van der Waals surface area contributed by atoms with Crippen molar-refractivity contribution in [1.29, 1.82) is 0 Å². The molecule has 19 atom stereocenters. The molecule has 0 aromatic heterocycles. The maximum absolute atomic E-state index is 12.5. The normalized spacial score (nSPS) is 44.3. The number of aliphatic carboxylic acids is 2. The van der Waals surface area contributed by atoms with E-state index < -0.39 is 153 Å². The number of nitrogens with one attached hydrogen (secondary N) is 1. The number of nitrogens with zero attached hydrogens (tertiary/aromatic N) is 1. The van der Waals surface area contributed by atoms with E-state index in [1.54, 1.807) is 0 Å². The summed E-state index contributed by atoms with van der Waals surface area (Å²) in [5.74, 6) is -4.76. The van der Waals surface area contributed by atoms with Gasteiger partial charge in [0.25, 0.3) is 0 Å². The molecule has 0 spiro atoms. The molecule has 4 heterocycles. The van der Waals surface area contributed by atoms with Crippen LogP contribution in [-0.4, -0.2) is 230 Å². The Hall–Kier alpha value is -2.76. The molecule has 310 valence electrons. The Morgan fingerprint density at radius 2 is 1.15 bits per heavy atom. The molecule has 0 saturated carbocycles. The Kier molecular flexibility index (Phi) is 15.0. The van der Waals surface area contributed by atoms with E-state index in [9.17, 15) is 70.2 Å². The molecule has 4 aliphatic rings. The number of carboxylic acid groups (broad SMARTS) is 2. The topological polar surface area (TPSA) is 360 Å². The van der Waals surface area contributed by atoms with Crippen molar-refractivity contribution in [3.05, 3.63) is 0 Å². The lowest BCUT2D eigenvalue weighted by Crippen LogP contribution is -2.70. The van der Waals surface area contributed by atoms with Crippen molar-refractivity contribution in [2.75, 3.05) is 34.0 Å². The van der Waals surface area contributed by atoms with Crippen LogP contribution in [0.3, 0.4) is 0 Å². The Labute approximate surface area is 306 Å². The SMILES string of the molecule is COC1C(C(=O)O)OC(OC2C(O)C(CO)OC(OC3C(C(=O)O)OC(OC4C(O)C(CO)OCC4N(C)C(C)=O)C(O)C3O)C2NC(C)=O)C(O)C1O. The van der Waals surface area contributed by atoms with Crippen molar-refractivity contribution in [3.8, 4) is 0 Å². The molecule has 4 fully saturated rings. The highest BCUT2D eigenvalue weighted by Gasteiger charge is 2.57. The first-order chi connectivity index (χ1) is 25.4. The van der Waals surface area contributed by atoms with E-state index in [0.29, 0.717) is 0 Å². The fraction of sp³-hybridized carbons (Fsp3) is 0.867. The van der Waals surface area contributed by atoms with E-state index >= 15 is 0 Å². The molecule has 4 rings (SSSR count). The minimum atomic E-state index is -2.22. The van der Waals surface area contributed by atoms with Gasteiger partial charge in [-0.25, -0.2) is 9.59 Å². The van der Waals surface area contributed by atoms with Crippen molar-refractivity contribution in [2.24, 2.45) is 0 Å². The minimum absolute atomic E-state index is 0.265. The highest BCUT2D eigenvalue weighted by Crippen LogP contribution is 2.35. The van der Waals surface area contributed by atoms with Crippen molar-refractivity contribution < 1.29 is 108 Å². The number of likely N-dealkylation sites (N-methyl/N-ethyl adjacent to an activating group) is 1. The van der Waals surface area contributed by atoms with Gasteiger partial charge in [-0.15, -0.1) is 0 Å². The average molecular weight is 789 g/mol. The molecule has 24 nitrogen and oxygen atoms in total. The quantitative estimate of drug-likeness (QED) is 0.0825. The number of carboxylic acids is 2. The zero-order valence-electron chi connectivity index (χ0n) is 29.4. The van der Waals surface area contributed by atoms with Crippen LogP contribution in [0.4, 0.5) is 0 Å². The van der Waals surface area contributed by atoms with Crippen molar-refractivity contribution in [1.82, 2.24) is 10.2 Å². The first kappa shape index (κ1) is 44.0. The Bertz CT molecular complexity index is 1310. The first-order valence-corrected chi connectivity index (χ1v) is 16.7. The number of hydrogen-bond donors (Lipinski definition) is 11. The second-order valence-corrected chi connectivity index (χ2v) is 13.2. The van der Waals surface area contributed by atoms with Crippen LogP contribution in [0.1, 0.15) is 13.8 Å². The lowest BCUT2D eigenvalue weighted by Gasteiger charge is -2.50. The Morgan fingerprint density at radius 3 is 1.63 bits per heavy atom. The highest BCUT2D eigenvalue weighted by molar-refractivity contribution is 5.74. The largest absolute Gasteiger partial charge is 0.479 e. The van der Waals surface area contributed by atoms with Crippen LogP contribution in [0, 0.1) is 0 Å². The summed E-state index contributed by atoms with van der Waals surface area (Å²) in [6.07, 6.45) is -31.9. The number of methoxy groups -OCH3 is 1. The number of hydrogen-bond acceptors (Lipinski definition) is 20. The smallest absolute Gasteiger partial charge is 0.335 e. The fourth-order valence-corrected chi connectivity index (χ4v) is 6.66. The average Bonchev–Trinajstić information content (AvgIpc) is 3.11. The standard InChI is InChI=1S/C30H48N2O22/c1-8(35)31-13-21(51-30-18(41)16(39)22(47-4)24(53-30)26(43)44)15(38)12(6-34)49-28(13)52-23-17(40)19(42)29(54-25(23)27(45)46)50-20-10(32(3)9(2)36)7-48-11(5-33)14(20)37/h10-25,28-30,33-34,37-42H,5-7H2,1-4H3,(H,31,35)(H,43,44)(H,45,46). The van der Waals surface area contributed by atoms with Gasteiger partial charge >= 0.3 is 11.9 Å². The van der Waals surface area contributed by atoms with Crippen molar-refractivity contribution in [3.63, 3.8) is 0 Å². The molecule has 24 heteroatoms. The number of ether oxygens (including phenoxy) is 8. The minimum Gasteiger partial charge on any atom is -0.479 e. The number of rotatable bonds is 13. The van der Waals surface area contributed by atoms with Crippen molar-refractivity contribution in [2.45, 2.75) is 130 Å². The van der Waals surface area contributed by atoms with Gasteiger partial charge < -0.3 is 99.2 Å². The molecule has 11 N–H and O–H groups in total. The van der Waals surface area contributed by atoms with Gasteiger partial charge in [-0.2, -0.15) is 0 Å². The maximum Gasteiger partial charge on any atom is 0.335 e. The zero-order valence-corrected chi connectivity index (χ0v) is 29.4. The van der Waals surface area contributed by atoms with Gasteiger partial charge in [-0.3, -0.25) is 9.59 Å². The summed E-state index contributed by atoms with van der Waals surface area (Å²) in [6.45, 7) is 0.280. The molecular weight excluding hydrogens is 740 g/mol. The summed E-state index contributed by atoms with van der Waals surface area (Å²) < 4.78 is 44.1. The number of carbonyl (C=O) groups excluding carboxylic acids is 2. The summed E-state index contributed by atoms with van der Waals surface area (Å²) in [7, 11) is 2.40. The van der Waals surface area contributed by atoms with Gasteiger partial charge in [0.1, 0.15) is 79.3 Å². The lowest BCUT2D eigenvalue weighted by molar-refractivity contribution is -0.366. The molecule has 0 aliphatic carbocycles. The fourth-order valence-electron chi connectivity index (χ4n) is 6.66. The maximum atomic E-state index is 12.5. The Balaban J connectivity index is 1.62. The number of amides is 2. The van der Waals surface area contributed by atoms with Gasteiger partial charge in [0, 0.05) is 28.0 Å². The number of aliphatic hydroxyl groups excluding tert-OH is 8. The second kappa shape index (κ2) is 18.5. The molecule has 0 bridgehead atoms. The first-order valence-electron chi connectivity index (χ1n) is 16.7. The third-order valence-corrected chi connectivity index (χ3v) is 9.70. The number of carbonyl (C=O) groups is 4. The van der Waals surface area contributed by atoms with E-state index in [4.69, 9.17) is 37.9 Å². The highest BCUT2D eigenvalue weighted by atomic mass is 16.8. The second-order valence-electron chi connectivity index (χ2n) is 13.2. The summed E-state index contributed by atoms with van der Waals surface area (Å²) >= 11 is 0. The third kappa shape index (κ3) is 9.10. The molecule has 0 radical (unpaired) electrons. The van der Waals surface area contributed by atoms with Gasteiger partial charge in [0.15, 0.2) is 31.1 Å². The molecular formula is C30H48N2O22. The van der Waals surface area contributed by atoms with Crippen LogP contribution in [0.25, 0.3) is 0 Å². The van der Waals surface area contributed by atoms with Crippen LogP contribution in [0.15, 0.2) is 0 Å². The predicted octanol–water partition coefficient (Wildman–Crippen LogP) is -7.60. The predicted molar refractivity (Wildman–Crippen MR) is 166 cm³/mol. The Morgan fingerprint density at radius 1 is 0.667 bits per heavy atom. The van der Waals surface area contributed by atoms with Crippen molar-refractivity contribution >= 4 is 23.8 Å². The van der Waals surface area contributed by atoms with Gasteiger partial charge in [0.05, 0.1) is 25.9 Å². The van der Waals surface area contributed by atoms with E-state index in [0.717, 1.165) is 18.9 Å². The molecule has 4 saturated heterocycles. The summed E-state index contributed by atoms with van der Waals surface area (Å²) in [5.41, 5.74) is 0. The summed E-state index contributed by atoms with van der Waals surface area (Å²) in [4.78, 5) is 50.1. The lowest BCUT2D eigenvalue weighted by atomic mass is 9.94. The van der Waals surface area contributed by atoms with E-state index in [-0.39, 0.29) is 6.61 Å². The van der Waals surface area contributed by atoms with E-state index in [1.807, 2.05) is 0 Å². The summed E-state index contributed by atoms with van der Waals surface area (Å²) in [5, 5.41) is 108. The van der Waals surface area contributed by atoms with Gasteiger partial charge in [-0.1, -0.05) is 0 Å². The zero-order chi connectivity index (χ0) is 40.3. The van der Waals surface area contributed by atoms with Crippen LogP contribution >= 0.6 is 0 Å². The summed E-state index contributed by atoms with van der Waals surface area (Å²) in [6, 6.07) is -2.78. The van der Waals surface area contributed by atoms with Gasteiger partial charge in [-0.05, 0) is 0 Å². The van der Waals surface area contributed by atoms with E-state index in [1.165, 1.54) is 14.0 Å². The van der Waals surface area contributed by atoms with Crippen LogP contribution in [0.2, 0.25) is 0 Å². The molecule has 0 aromatic rings.